The van der Waals surface area contributed by atoms with Crippen molar-refractivity contribution in [1.29, 1.82) is 0 Å². The van der Waals surface area contributed by atoms with E-state index in [4.69, 9.17) is 4.74 Å². The lowest BCUT2D eigenvalue weighted by atomic mass is 10.2. The fourth-order valence-corrected chi connectivity index (χ4v) is 2.52. The molecule has 3 aromatic rings. The molecule has 0 aliphatic heterocycles. The van der Waals surface area contributed by atoms with Gasteiger partial charge in [0.25, 0.3) is 0 Å². The summed E-state index contributed by atoms with van der Waals surface area (Å²) >= 11 is 0. The average molecular weight is 359 g/mol. The van der Waals surface area contributed by atoms with Gasteiger partial charge in [0.05, 0.1) is 47.9 Å². The summed E-state index contributed by atoms with van der Waals surface area (Å²) in [5, 5.41) is 0. The SMILES string of the molecule is COC(=O)c1ccc(N=Cc2ccc(C=Nc3ccc(C)cc3)n2C)cc1. The number of carbonyl (C=O) groups excluding carboxylic acids is 1. The van der Waals surface area contributed by atoms with Crippen LogP contribution in [0.5, 0.6) is 0 Å². The molecule has 0 fully saturated rings. The third-order valence-corrected chi connectivity index (χ3v) is 4.21. The number of ether oxygens (including phenoxy) is 1. The topological polar surface area (TPSA) is 55.9 Å². The van der Waals surface area contributed by atoms with Crippen molar-refractivity contribution in [2.45, 2.75) is 6.92 Å². The maximum absolute atomic E-state index is 11.5. The molecule has 0 aliphatic rings. The highest BCUT2D eigenvalue weighted by atomic mass is 16.5. The van der Waals surface area contributed by atoms with E-state index in [-0.39, 0.29) is 5.97 Å². The molecule has 5 nitrogen and oxygen atoms in total. The highest BCUT2D eigenvalue weighted by Gasteiger charge is 2.04. The summed E-state index contributed by atoms with van der Waals surface area (Å²) in [6, 6.07) is 19.0. The Morgan fingerprint density at radius 2 is 1.33 bits per heavy atom. The summed E-state index contributed by atoms with van der Waals surface area (Å²) in [5.41, 5.74) is 5.34. The number of rotatable bonds is 5. The van der Waals surface area contributed by atoms with Gasteiger partial charge in [0.1, 0.15) is 0 Å². The van der Waals surface area contributed by atoms with Gasteiger partial charge in [0.2, 0.25) is 0 Å². The molecule has 136 valence electrons. The van der Waals surface area contributed by atoms with E-state index < -0.39 is 0 Å². The summed E-state index contributed by atoms with van der Waals surface area (Å²) in [6.07, 6.45) is 3.63. The zero-order chi connectivity index (χ0) is 19.2. The lowest BCUT2D eigenvalue weighted by Gasteiger charge is -2.01. The summed E-state index contributed by atoms with van der Waals surface area (Å²) in [7, 11) is 3.34. The largest absolute Gasteiger partial charge is 0.465 e. The first kappa shape index (κ1) is 18.3. The second-order valence-electron chi connectivity index (χ2n) is 6.13. The smallest absolute Gasteiger partial charge is 0.337 e. The van der Waals surface area contributed by atoms with Gasteiger partial charge < -0.3 is 9.30 Å². The second kappa shape index (κ2) is 8.27. The summed E-state index contributed by atoms with van der Waals surface area (Å²) < 4.78 is 6.71. The first-order valence-electron chi connectivity index (χ1n) is 8.56. The van der Waals surface area contributed by atoms with E-state index in [1.165, 1.54) is 12.7 Å². The first-order chi connectivity index (χ1) is 13.1. The van der Waals surface area contributed by atoms with Gasteiger partial charge in [-0.15, -0.1) is 0 Å². The lowest BCUT2D eigenvalue weighted by molar-refractivity contribution is 0.0601. The average Bonchev–Trinajstić information content (AvgIpc) is 3.05. The Morgan fingerprint density at radius 3 is 1.81 bits per heavy atom. The molecule has 0 saturated carbocycles. The van der Waals surface area contributed by atoms with Crippen LogP contribution < -0.4 is 0 Å². The number of benzene rings is 2. The van der Waals surface area contributed by atoms with Crippen LogP contribution in [-0.4, -0.2) is 30.1 Å². The van der Waals surface area contributed by atoms with E-state index in [0.717, 1.165) is 22.8 Å². The predicted octanol–water partition coefficient (Wildman–Crippen LogP) is 4.62. The van der Waals surface area contributed by atoms with Crippen molar-refractivity contribution >= 4 is 29.8 Å². The maximum Gasteiger partial charge on any atom is 0.337 e. The number of carbonyl (C=O) groups is 1. The molecule has 2 aromatic carbocycles. The van der Waals surface area contributed by atoms with Gasteiger partial charge in [-0.1, -0.05) is 17.7 Å². The van der Waals surface area contributed by atoms with Gasteiger partial charge in [0, 0.05) is 7.05 Å². The molecule has 0 spiro atoms. The van der Waals surface area contributed by atoms with Gasteiger partial charge in [-0.2, -0.15) is 0 Å². The third kappa shape index (κ3) is 4.58. The highest BCUT2D eigenvalue weighted by Crippen LogP contribution is 2.15. The Bertz CT molecular complexity index is 981. The molecule has 0 aliphatic carbocycles. The quantitative estimate of drug-likeness (QED) is 0.493. The van der Waals surface area contributed by atoms with Crippen molar-refractivity contribution in [3.8, 4) is 0 Å². The second-order valence-corrected chi connectivity index (χ2v) is 6.13. The van der Waals surface area contributed by atoms with Crippen molar-refractivity contribution in [1.82, 2.24) is 4.57 Å². The van der Waals surface area contributed by atoms with Gasteiger partial charge in [-0.3, -0.25) is 9.98 Å². The molecule has 1 heterocycles. The molecule has 5 heteroatoms. The minimum absolute atomic E-state index is 0.356. The van der Waals surface area contributed by atoms with Crippen LogP contribution in [0.2, 0.25) is 0 Å². The molecular formula is C22H21N3O2. The zero-order valence-corrected chi connectivity index (χ0v) is 15.6. The van der Waals surface area contributed by atoms with Crippen molar-refractivity contribution in [2.24, 2.45) is 17.0 Å². The molecule has 0 bridgehead atoms. The lowest BCUT2D eigenvalue weighted by Crippen LogP contribution is -2.00. The van der Waals surface area contributed by atoms with Crippen LogP contribution in [0.15, 0.2) is 70.6 Å². The van der Waals surface area contributed by atoms with E-state index in [1.54, 1.807) is 30.5 Å². The van der Waals surface area contributed by atoms with Crippen molar-refractivity contribution in [3.63, 3.8) is 0 Å². The number of aryl methyl sites for hydroxylation is 1. The van der Waals surface area contributed by atoms with Crippen LogP contribution in [0.4, 0.5) is 11.4 Å². The van der Waals surface area contributed by atoms with E-state index in [2.05, 4.69) is 16.9 Å². The molecule has 0 atom stereocenters. The number of methoxy groups -OCH3 is 1. The van der Waals surface area contributed by atoms with Crippen LogP contribution in [0.25, 0.3) is 0 Å². The van der Waals surface area contributed by atoms with Gasteiger partial charge in [-0.25, -0.2) is 4.79 Å². The molecule has 27 heavy (non-hydrogen) atoms. The van der Waals surface area contributed by atoms with Crippen molar-refractivity contribution in [2.75, 3.05) is 7.11 Å². The van der Waals surface area contributed by atoms with Crippen LogP contribution in [0, 0.1) is 6.92 Å². The Morgan fingerprint density at radius 1 is 0.852 bits per heavy atom. The number of hydrogen-bond donors (Lipinski definition) is 0. The van der Waals surface area contributed by atoms with Gasteiger partial charge in [-0.05, 0) is 55.5 Å². The normalized spacial score (nSPS) is 11.4. The third-order valence-electron chi connectivity index (χ3n) is 4.21. The minimum atomic E-state index is -0.356. The Kier molecular flexibility index (Phi) is 5.61. The number of aliphatic imine (C=N–C) groups is 2. The number of nitrogens with zero attached hydrogens (tertiary/aromatic N) is 3. The molecule has 0 radical (unpaired) electrons. The van der Waals surface area contributed by atoms with E-state index in [0.29, 0.717) is 5.56 Å². The molecule has 0 unspecified atom stereocenters. The van der Waals surface area contributed by atoms with Crippen LogP contribution >= 0.6 is 0 Å². The molecular weight excluding hydrogens is 338 g/mol. The maximum atomic E-state index is 11.5. The van der Waals surface area contributed by atoms with Gasteiger partial charge >= 0.3 is 5.97 Å². The number of aromatic nitrogens is 1. The molecule has 0 saturated heterocycles. The van der Waals surface area contributed by atoms with Crippen molar-refractivity contribution in [3.05, 3.63) is 83.2 Å². The first-order valence-corrected chi connectivity index (χ1v) is 8.56. The number of esters is 1. The van der Waals surface area contributed by atoms with E-state index >= 15 is 0 Å². The minimum Gasteiger partial charge on any atom is -0.465 e. The van der Waals surface area contributed by atoms with E-state index in [9.17, 15) is 4.79 Å². The summed E-state index contributed by atoms with van der Waals surface area (Å²) in [6.45, 7) is 2.05. The summed E-state index contributed by atoms with van der Waals surface area (Å²) in [4.78, 5) is 20.4. The zero-order valence-electron chi connectivity index (χ0n) is 15.6. The van der Waals surface area contributed by atoms with Gasteiger partial charge in [0.15, 0.2) is 0 Å². The summed E-state index contributed by atoms with van der Waals surface area (Å²) in [5.74, 6) is -0.356. The standard InChI is InChI=1S/C22H21N3O2/c1-16-4-8-18(9-5-16)23-14-20-12-13-21(25(20)2)15-24-19-10-6-17(7-11-19)22(26)27-3/h4-15H,1-3H3. The molecule has 0 amide bonds. The van der Waals surface area contributed by atoms with Crippen molar-refractivity contribution < 1.29 is 9.53 Å². The number of hydrogen-bond acceptors (Lipinski definition) is 4. The fourth-order valence-electron chi connectivity index (χ4n) is 2.52. The highest BCUT2D eigenvalue weighted by molar-refractivity contribution is 5.90. The predicted molar refractivity (Wildman–Crippen MR) is 109 cm³/mol. The molecule has 0 N–H and O–H groups in total. The molecule has 1 aromatic heterocycles. The Hall–Kier alpha value is -3.47. The van der Waals surface area contributed by atoms with Crippen LogP contribution in [0.1, 0.15) is 27.3 Å². The van der Waals surface area contributed by atoms with E-state index in [1.807, 2.05) is 54.2 Å². The Labute approximate surface area is 158 Å². The van der Waals surface area contributed by atoms with Crippen LogP contribution in [0.3, 0.4) is 0 Å². The monoisotopic (exact) mass is 359 g/mol. The fraction of sp³-hybridized carbons (Fsp3) is 0.136. The van der Waals surface area contributed by atoms with Crippen LogP contribution in [-0.2, 0) is 11.8 Å². The molecule has 3 rings (SSSR count). The Balaban J connectivity index is 1.72.